The summed E-state index contributed by atoms with van der Waals surface area (Å²) in [5.74, 6) is 0.0140. The number of methoxy groups -OCH3 is 1. The number of rotatable bonds is 8. The molecule has 0 aliphatic carbocycles. The summed E-state index contributed by atoms with van der Waals surface area (Å²) in [7, 11) is -6.62. The van der Waals surface area contributed by atoms with Crippen LogP contribution >= 0.6 is 11.6 Å². The fourth-order valence-corrected chi connectivity index (χ4v) is 6.53. The second kappa shape index (κ2) is 11.6. The predicted octanol–water partition coefficient (Wildman–Crippen LogP) is 4.97. The summed E-state index contributed by atoms with van der Waals surface area (Å²) in [6.45, 7) is 1.22. The summed E-state index contributed by atoms with van der Waals surface area (Å²) in [6, 6.07) is 15.8. The fraction of sp³-hybridized carbons (Fsp3) is 0.269. The highest BCUT2D eigenvalue weighted by Crippen LogP contribution is 2.28. The first-order chi connectivity index (χ1) is 18.1. The first kappa shape index (κ1) is 27.7. The molecular formula is C26H28ClN3O6S2. The van der Waals surface area contributed by atoms with Crippen molar-refractivity contribution >= 4 is 48.9 Å². The van der Waals surface area contributed by atoms with Gasteiger partial charge in [-0.1, -0.05) is 36.6 Å². The van der Waals surface area contributed by atoms with E-state index < -0.39 is 20.0 Å². The summed E-state index contributed by atoms with van der Waals surface area (Å²) in [4.78, 5) is 14.7. The molecule has 0 bridgehead atoms. The lowest BCUT2D eigenvalue weighted by Gasteiger charge is -2.22. The average Bonchev–Trinajstić information content (AvgIpc) is 3.19. The Labute approximate surface area is 227 Å². The first-order valence-electron chi connectivity index (χ1n) is 12.0. The minimum atomic E-state index is -4.09. The van der Waals surface area contributed by atoms with E-state index in [9.17, 15) is 21.6 Å². The van der Waals surface area contributed by atoms with Crippen molar-refractivity contribution in [2.75, 3.05) is 29.6 Å². The van der Waals surface area contributed by atoms with Gasteiger partial charge < -0.3 is 9.64 Å². The number of amides is 1. The van der Waals surface area contributed by atoms with Crippen LogP contribution in [-0.2, 0) is 20.0 Å². The van der Waals surface area contributed by atoms with Crippen molar-refractivity contribution in [2.45, 2.75) is 35.5 Å². The maximum atomic E-state index is 13.2. The number of carbonyl (C=O) groups excluding carboxylic acids is 1. The second-order valence-corrected chi connectivity index (χ2v) is 12.6. The quantitative estimate of drug-likeness (QED) is 0.390. The lowest BCUT2D eigenvalue weighted by atomic mass is 10.1. The van der Waals surface area contributed by atoms with Gasteiger partial charge in [0.1, 0.15) is 5.75 Å². The fourth-order valence-electron chi connectivity index (χ4n) is 4.13. The van der Waals surface area contributed by atoms with Crippen molar-refractivity contribution in [1.82, 2.24) is 4.90 Å². The van der Waals surface area contributed by atoms with E-state index >= 15 is 0 Å². The Hall–Kier alpha value is -3.28. The topological polar surface area (TPSA) is 122 Å². The molecule has 1 amide bonds. The molecule has 0 spiro atoms. The number of para-hydroxylation sites is 1. The minimum Gasteiger partial charge on any atom is -0.496 e. The van der Waals surface area contributed by atoms with E-state index in [2.05, 4.69) is 9.44 Å². The molecule has 1 aliphatic heterocycles. The number of benzene rings is 3. The van der Waals surface area contributed by atoms with Crippen molar-refractivity contribution < 1.29 is 26.4 Å². The molecule has 0 aromatic heterocycles. The highest BCUT2D eigenvalue weighted by Gasteiger charge is 2.24. The molecule has 1 heterocycles. The van der Waals surface area contributed by atoms with Crippen LogP contribution in [0, 0.1) is 0 Å². The molecule has 0 radical (unpaired) electrons. The number of ether oxygens (including phenoxy) is 1. The molecule has 3 aromatic rings. The molecule has 202 valence electrons. The summed E-state index contributed by atoms with van der Waals surface area (Å²) in [6.07, 6.45) is 3.89. The van der Waals surface area contributed by atoms with E-state index in [1.165, 1.54) is 55.6 Å². The first-order valence-corrected chi connectivity index (χ1v) is 15.3. The second-order valence-electron chi connectivity index (χ2n) is 8.78. The van der Waals surface area contributed by atoms with Gasteiger partial charge in [-0.05, 0) is 67.4 Å². The number of hydrogen-bond acceptors (Lipinski definition) is 6. The molecule has 0 unspecified atom stereocenters. The van der Waals surface area contributed by atoms with Crippen LogP contribution in [0.1, 0.15) is 36.0 Å². The number of hydrogen-bond donors (Lipinski definition) is 2. The zero-order valence-electron chi connectivity index (χ0n) is 20.7. The smallest absolute Gasteiger partial charge is 0.261 e. The number of nitrogens with one attached hydrogen (secondary N) is 2. The standard InChI is InChI=1S/C26H28ClN3O6S2/c1-36-25-15-14-21(18-22(25)26(31)30-16-6-2-3-7-17-30)38(34,35)28-19-10-12-20(13-11-19)37(32,33)29-24-9-5-4-8-23(24)27/h4-5,8-15,18,28-29H,2-3,6-7,16-17H2,1H3. The molecule has 12 heteroatoms. The van der Waals surface area contributed by atoms with Crippen LogP contribution in [0.15, 0.2) is 76.5 Å². The Balaban J connectivity index is 1.54. The van der Waals surface area contributed by atoms with Gasteiger partial charge in [0.2, 0.25) is 0 Å². The molecule has 9 nitrogen and oxygen atoms in total. The van der Waals surface area contributed by atoms with Gasteiger partial charge in [0, 0.05) is 18.8 Å². The number of halogens is 1. The highest BCUT2D eigenvalue weighted by molar-refractivity contribution is 7.93. The van der Waals surface area contributed by atoms with Crippen LogP contribution in [0.5, 0.6) is 5.75 Å². The predicted molar refractivity (Wildman–Crippen MR) is 147 cm³/mol. The number of nitrogens with zero attached hydrogens (tertiary/aromatic N) is 1. The average molecular weight is 578 g/mol. The molecular weight excluding hydrogens is 550 g/mol. The highest BCUT2D eigenvalue weighted by atomic mass is 35.5. The van der Waals surface area contributed by atoms with Crippen molar-refractivity contribution in [2.24, 2.45) is 0 Å². The molecule has 38 heavy (non-hydrogen) atoms. The normalized spacial score (nSPS) is 14.4. The van der Waals surface area contributed by atoms with E-state index in [1.54, 1.807) is 23.1 Å². The largest absolute Gasteiger partial charge is 0.496 e. The Bertz CT molecular complexity index is 1520. The van der Waals surface area contributed by atoms with Crippen molar-refractivity contribution in [1.29, 1.82) is 0 Å². The number of carbonyl (C=O) groups is 1. The van der Waals surface area contributed by atoms with Crippen LogP contribution < -0.4 is 14.2 Å². The van der Waals surface area contributed by atoms with Gasteiger partial charge in [-0.15, -0.1) is 0 Å². The lowest BCUT2D eigenvalue weighted by molar-refractivity contribution is 0.0758. The van der Waals surface area contributed by atoms with Crippen LogP contribution in [0.2, 0.25) is 5.02 Å². The third-order valence-corrected chi connectivity index (χ3v) is 9.23. The maximum absolute atomic E-state index is 13.2. The van der Waals surface area contributed by atoms with Crippen LogP contribution in [-0.4, -0.2) is 47.8 Å². The van der Waals surface area contributed by atoms with E-state index in [-0.39, 0.29) is 37.7 Å². The monoisotopic (exact) mass is 577 g/mol. The molecule has 1 aliphatic rings. The Morgan fingerprint density at radius 1 is 0.816 bits per heavy atom. The summed E-state index contributed by atoms with van der Waals surface area (Å²) < 4.78 is 61.9. The molecule has 2 N–H and O–H groups in total. The summed E-state index contributed by atoms with van der Waals surface area (Å²) in [5.41, 5.74) is 0.547. The maximum Gasteiger partial charge on any atom is 0.261 e. The van der Waals surface area contributed by atoms with Gasteiger partial charge in [0.25, 0.3) is 26.0 Å². The van der Waals surface area contributed by atoms with Crippen molar-refractivity contribution in [3.8, 4) is 5.75 Å². The third kappa shape index (κ3) is 6.40. The summed E-state index contributed by atoms with van der Waals surface area (Å²) in [5, 5.41) is 0.244. The van der Waals surface area contributed by atoms with Crippen LogP contribution in [0.3, 0.4) is 0 Å². The van der Waals surface area contributed by atoms with E-state index in [0.29, 0.717) is 18.8 Å². The Kier molecular flexibility index (Phi) is 8.49. The number of anilines is 2. The molecule has 0 saturated carbocycles. The zero-order chi connectivity index (χ0) is 27.3. The van der Waals surface area contributed by atoms with Gasteiger partial charge in [-0.3, -0.25) is 14.2 Å². The number of likely N-dealkylation sites (tertiary alicyclic amines) is 1. The van der Waals surface area contributed by atoms with Gasteiger partial charge in [0.15, 0.2) is 0 Å². The van der Waals surface area contributed by atoms with E-state index in [4.69, 9.17) is 16.3 Å². The number of sulfonamides is 2. The van der Waals surface area contributed by atoms with Gasteiger partial charge in [-0.2, -0.15) is 0 Å². The van der Waals surface area contributed by atoms with Gasteiger partial charge in [0.05, 0.1) is 33.2 Å². The lowest BCUT2D eigenvalue weighted by Crippen LogP contribution is -2.32. The van der Waals surface area contributed by atoms with Crippen molar-refractivity contribution in [3.63, 3.8) is 0 Å². The van der Waals surface area contributed by atoms with Gasteiger partial charge >= 0.3 is 0 Å². The minimum absolute atomic E-state index is 0.0739. The Morgan fingerprint density at radius 2 is 1.42 bits per heavy atom. The van der Waals surface area contributed by atoms with Crippen LogP contribution in [0.4, 0.5) is 11.4 Å². The van der Waals surface area contributed by atoms with Crippen molar-refractivity contribution in [3.05, 3.63) is 77.3 Å². The van der Waals surface area contributed by atoms with E-state index in [1.807, 2.05) is 0 Å². The van der Waals surface area contributed by atoms with E-state index in [0.717, 1.165) is 25.7 Å². The Morgan fingerprint density at radius 3 is 2.05 bits per heavy atom. The molecule has 1 saturated heterocycles. The molecule has 3 aromatic carbocycles. The molecule has 4 rings (SSSR count). The SMILES string of the molecule is COc1ccc(S(=O)(=O)Nc2ccc(S(=O)(=O)Nc3ccccc3Cl)cc2)cc1C(=O)N1CCCCCC1. The summed E-state index contributed by atoms with van der Waals surface area (Å²) >= 11 is 6.04. The molecule has 0 atom stereocenters. The zero-order valence-corrected chi connectivity index (χ0v) is 23.1. The third-order valence-electron chi connectivity index (χ3n) is 6.14. The van der Waals surface area contributed by atoms with Gasteiger partial charge in [-0.25, -0.2) is 16.8 Å². The molecule has 1 fully saturated rings. The van der Waals surface area contributed by atoms with Crippen LogP contribution in [0.25, 0.3) is 0 Å².